The third-order valence-electron chi connectivity index (χ3n) is 9.71. The number of piperazine rings is 1. The average Bonchev–Trinajstić information content (AvgIpc) is 3.44. The third-order valence-corrected chi connectivity index (χ3v) is 9.71. The summed E-state index contributed by atoms with van der Waals surface area (Å²) in [6, 6.07) is 29.2. The van der Waals surface area contributed by atoms with Crippen LogP contribution >= 0.6 is 0 Å². The lowest BCUT2D eigenvalue weighted by Crippen LogP contribution is -2.43. The summed E-state index contributed by atoms with van der Waals surface area (Å²) in [7, 11) is 0. The Morgan fingerprint density at radius 1 is 0.872 bits per heavy atom. The van der Waals surface area contributed by atoms with Crippen LogP contribution in [0.25, 0.3) is 33.4 Å². The van der Waals surface area contributed by atoms with Crippen LogP contribution in [0.4, 0.5) is 0 Å². The van der Waals surface area contributed by atoms with E-state index in [-0.39, 0.29) is 0 Å². The molecule has 3 aromatic carbocycles. The summed E-state index contributed by atoms with van der Waals surface area (Å²) in [5, 5.41) is 25.5. The monoisotopic (exact) mass is 624 g/mol. The molecule has 2 aromatic heterocycles. The number of aliphatic hydroxyl groups is 1. The molecular formula is C40H44N6O. The molecule has 1 saturated carbocycles. The largest absolute Gasteiger partial charge is 0.370 e. The Bertz CT molecular complexity index is 1940. The summed E-state index contributed by atoms with van der Waals surface area (Å²) < 4.78 is 3.97. The summed E-state index contributed by atoms with van der Waals surface area (Å²) in [5.41, 5.74) is 6.16. The van der Waals surface area contributed by atoms with Crippen molar-refractivity contribution in [2.45, 2.75) is 57.2 Å². The maximum atomic E-state index is 11.8. The molecule has 0 unspecified atom stereocenters. The molecule has 0 atom stereocenters. The van der Waals surface area contributed by atoms with Gasteiger partial charge in [-0.3, -0.25) is 9.98 Å². The molecule has 240 valence electrons. The zero-order valence-electron chi connectivity index (χ0n) is 27.1. The van der Waals surface area contributed by atoms with E-state index in [9.17, 15) is 10.5 Å². The molecule has 1 aliphatic heterocycles. The predicted molar refractivity (Wildman–Crippen MR) is 189 cm³/mol. The van der Waals surface area contributed by atoms with Gasteiger partial charge in [-0.05, 0) is 67.5 Å². The molecule has 47 heavy (non-hydrogen) atoms. The normalized spacial score (nSPS) is 16.5. The second-order valence-corrected chi connectivity index (χ2v) is 12.9. The van der Waals surface area contributed by atoms with Crippen molar-refractivity contribution in [3.63, 3.8) is 0 Å². The molecule has 2 fully saturated rings. The van der Waals surface area contributed by atoms with Gasteiger partial charge < -0.3 is 19.9 Å². The second kappa shape index (κ2) is 14.1. The molecule has 3 N–H and O–H groups in total. The van der Waals surface area contributed by atoms with Gasteiger partial charge in [0.2, 0.25) is 0 Å². The molecule has 7 nitrogen and oxygen atoms in total. The summed E-state index contributed by atoms with van der Waals surface area (Å²) in [4.78, 5) is 7.55. The standard InChI is InChI=1S/C40H44N6O/c41-38-36-35(33-17-6-1-7-18-33)37(34-19-8-2-9-20-34)45(39(36)43-30-46(38)40(47)21-10-4-11-22-40)29-32-16-13-15-31(28-32)14-5-3-12-25-44-26-23-42-24-27-44/h1-2,6-9,13,15-20,28,30,41-42,47H,3-4,10-12,21-27,29H2. The molecule has 0 radical (unpaired) electrons. The van der Waals surface area contributed by atoms with Crippen molar-refractivity contribution < 1.29 is 5.11 Å². The van der Waals surface area contributed by atoms with Gasteiger partial charge in [-0.15, -0.1) is 0 Å². The van der Waals surface area contributed by atoms with Crippen molar-refractivity contribution in [3.8, 4) is 34.2 Å². The van der Waals surface area contributed by atoms with Crippen molar-refractivity contribution in [3.05, 3.63) is 108 Å². The highest BCUT2D eigenvalue weighted by Crippen LogP contribution is 2.40. The van der Waals surface area contributed by atoms with Gasteiger partial charge in [-0.25, -0.2) is 4.98 Å². The number of rotatable bonds is 8. The Kier molecular flexibility index (Phi) is 9.34. The van der Waals surface area contributed by atoms with Crippen LogP contribution < -0.4 is 10.8 Å². The molecule has 7 rings (SSSR count). The van der Waals surface area contributed by atoms with Crippen LogP contribution in [0.15, 0.2) is 91.3 Å². The smallest absolute Gasteiger partial charge is 0.146 e. The third kappa shape index (κ3) is 6.68. The topological polar surface area (TPSA) is 82.1 Å². The molecule has 1 aliphatic carbocycles. The number of benzene rings is 3. The first-order valence-corrected chi connectivity index (χ1v) is 17.1. The van der Waals surface area contributed by atoms with Gasteiger partial charge >= 0.3 is 0 Å². The Morgan fingerprint density at radius 3 is 2.34 bits per heavy atom. The Morgan fingerprint density at radius 2 is 1.60 bits per heavy atom. The summed E-state index contributed by atoms with van der Waals surface area (Å²) in [6.07, 6.45) is 7.92. The Balaban J connectivity index is 1.30. The van der Waals surface area contributed by atoms with E-state index in [1.165, 1.54) is 0 Å². The number of unbranched alkanes of at least 4 members (excludes halogenated alkanes) is 1. The van der Waals surface area contributed by atoms with E-state index in [1.807, 2.05) is 24.3 Å². The fourth-order valence-electron chi connectivity index (χ4n) is 7.29. The Hall–Kier alpha value is -4.48. The molecule has 0 spiro atoms. The highest BCUT2D eigenvalue weighted by molar-refractivity contribution is 6.02. The number of hydrogen-bond acceptors (Lipinski definition) is 5. The van der Waals surface area contributed by atoms with Gasteiger partial charge in [0.05, 0.1) is 11.1 Å². The SMILES string of the molecule is N=c1c2c(-c3ccccc3)c(-c3ccccc3)n(Cc3cccc(C#CCCCN4CCNCC4)c3)c2ncn1C1(O)CCCCC1. The summed E-state index contributed by atoms with van der Waals surface area (Å²) >= 11 is 0. The van der Waals surface area contributed by atoms with E-state index in [0.717, 1.165) is 109 Å². The van der Waals surface area contributed by atoms with E-state index in [2.05, 4.69) is 87.3 Å². The quantitative estimate of drug-likeness (QED) is 0.139. The number of nitrogens with one attached hydrogen (secondary N) is 2. The van der Waals surface area contributed by atoms with Gasteiger partial charge in [0.1, 0.15) is 23.2 Å². The predicted octanol–water partition coefficient (Wildman–Crippen LogP) is 6.35. The van der Waals surface area contributed by atoms with Crippen LogP contribution in [0.1, 0.15) is 56.1 Å². The second-order valence-electron chi connectivity index (χ2n) is 12.9. The molecule has 5 aromatic rings. The minimum atomic E-state index is -1.10. The lowest BCUT2D eigenvalue weighted by Gasteiger charge is -2.34. The number of aromatic nitrogens is 3. The van der Waals surface area contributed by atoms with Crippen molar-refractivity contribution >= 4 is 11.0 Å². The maximum absolute atomic E-state index is 11.8. The maximum Gasteiger partial charge on any atom is 0.146 e. The minimum absolute atomic E-state index is 0.301. The van der Waals surface area contributed by atoms with E-state index < -0.39 is 5.72 Å². The van der Waals surface area contributed by atoms with E-state index >= 15 is 0 Å². The van der Waals surface area contributed by atoms with Crippen molar-refractivity contribution in [1.29, 1.82) is 5.41 Å². The van der Waals surface area contributed by atoms with E-state index in [0.29, 0.717) is 24.9 Å². The van der Waals surface area contributed by atoms with Gasteiger partial charge in [-0.1, -0.05) is 91.1 Å². The van der Waals surface area contributed by atoms with Gasteiger partial charge in [0.15, 0.2) is 0 Å². The molecule has 0 bridgehead atoms. The Labute approximate surface area is 277 Å². The van der Waals surface area contributed by atoms with E-state index in [1.54, 1.807) is 10.9 Å². The first-order chi connectivity index (χ1) is 23.1. The van der Waals surface area contributed by atoms with Crippen molar-refractivity contribution in [1.82, 2.24) is 24.3 Å². The zero-order valence-corrected chi connectivity index (χ0v) is 27.1. The minimum Gasteiger partial charge on any atom is -0.370 e. The number of fused-ring (bicyclic) bond motifs is 1. The summed E-state index contributed by atoms with van der Waals surface area (Å²) in [6.45, 7) is 6.08. The molecule has 7 heteroatoms. The van der Waals surface area contributed by atoms with Crippen molar-refractivity contribution in [2.24, 2.45) is 0 Å². The fraction of sp³-hybridized carbons (Fsp3) is 0.350. The molecular weight excluding hydrogens is 580 g/mol. The lowest BCUT2D eigenvalue weighted by molar-refractivity contribution is -0.0735. The average molecular weight is 625 g/mol. The van der Waals surface area contributed by atoms with Crippen LogP contribution in [0.5, 0.6) is 0 Å². The molecule has 0 amide bonds. The molecule has 1 saturated heterocycles. The summed E-state index contributed by atoms with van der Waals surface area (Å²) in [5.74, 6) is 6.82. The van der Waals surface area contributed by atoms with Crippen LogP contribution in [0.2, 0.25) is 0 Å². The molecule has 3 heterocycles. The van der Waals surface area contributed by atoms with E-state index in [4.69, 9.17) is 4.98 Å². The van der Waals surface area contributed by atoms with Gasteiger partial charge in [0.25, 0.3) is 0 Å². The van der Waals surface area contributed by atoms with Crippen LogP contribution in [0, 0.1) is 17.3 Å². The zero-order chi connectivity index (χ0) is 32.1. The van der Waals surface area contributed by atoms with Gasteiger partial charge in [0, 0.05) is 50.3 Å². The highest BCUT2D eigenvalue weighted by atomic mass is 16.3. The number of hydrogen-bond donors (Lipinski definition) is 3. The van der Waals surface area contributed by atoms with Crippen LogP contribution in [-0.2, 0) is 12.3 Å². The van der Waals surface area contributed by atoms with Crippen molar-refractivity contribution in [2.75, 3.05) is 32.7 Å². The van der Waals surface area contributed by atoms with Gasteiger partial charge in [-0.2, -0.15) is 0 Å². The van der Waals surface area contributed by atoms with Crippen LogP contribution in [-0.4, -0.2) is 56.8 Å². The highest BCUT2D eigenvalue weighted by Gasteiger charge is 2.33. The number of nitrogens with zero attached hydrogens (tertiary/aromatic N) is 4. The van der Waals surface area contributed by atoms with Crippen LogP contribution in [0.3, 0.4) is 0 Å². The fourth-order valence-corrected chi connectivity index (χ4v) is 7.29. The first-order valence-electron chi connectivity index (χ1n) is 17.1. The first kappa shape index (κ1) is 31.1. The molecule has 2 aliphatic rings. The lowest BCUT2D eigenvalue weighted by atomic mass is 9.91.